The van der Waals surface area contributed by atoms with Crippen LogP contribution < -0.4 is 0 Å². The Hall–Kier alpha value is -1.15. The summed E-state index contributed by atoms with van der Waals surface area (Å²) in [5.74, 6) is 1.82. The minimum atomic E-state index is 0.190. The SMILES string of the molecule is CCC(=O)[C@@H]1[C@H]2CC[C@@H](C[C@H]1c1ccc(C)cc1)CN2C. The van der Waals surface area contributed by atoms with E-state index in [0.717, 1.165) is 5.92 Å². The van der Waals surface area contributed by atoms with Gasteiger partial charge >= 0.3 is 0 Å². The van der Waals surface area contributed by atoms with Gasteiger partial charge < -0.3 is 4.90 Å². The van der Waals surface area contributed by atoms with E-state index in [1.807, 2.05) is 6.92 Å². The molecule has 4 rings (SSSR count). The highest BCUT2D eigenvalue weighted by Crippen LogP contribution is 2.45. The normalized spacial score (nSPS) is 32.9. The maximum Gasteiger partial charge on any atom is 0.137 e. The number of fused-ring (bicyclic) bond motifs is 4. The molecule has 1 aliphatic carbocycles. The van der Waals surface area contributed by atoms with Gasteiger partial charge in [-0.2, -0.15) is 0 Å². The second-order valence-corrected chi connectivity index (χ2v) is 7.05. The van der Waals surface area contributed by atoms with Crippen molar-refractivity contribution < 1.29 is 4.79 Å². The number of aryl methyl sites for hydroxylation is 1. The predicted octanol–water partition coefficient (Wildman–Crippen LogP) is 3.79. The molecule has 2 heterocycles. The number of Topliss-reactive ketones (excluding diaryl/α,β-unsaturated/α-hetero) is 1. The highest BCUT2D eigenvalue weighted by atomic mass is 16.1. The third kappa shape index (κ3) is 2.78. The molecule has 4 atom stereocenters. The van der Waals surface area contributed by atoms with Crippen molar-refractivity contribution >= 4 is 5.78 Å². The molecule has 3 aliphatic rings. The Morgan fingerprint density at radius 3 is 2.57 bits per heavy atom. The molecule has 2 nitrogen and oxygen atoms in total. The number of ketones is 1. The Balaban J connectivity index is 1.99. The van der Waals surface area contributed by atoms with Crippen LogP contribution >= 0.6 is 0 Å². The third-order valence-corrected chi connectivity index (χ3v) is 5.64. The maximum absolute atomic E-state index is 12.7. The second kappa shape index (κ2) is 5.92. The summed E-state index contributed by atoms with van der Waals surface area (Å²) in [6, 6.07) is 9.34. The molecule has 2 heteroatoms. The zero-order chi connectivity index (χ0) is 15.0. The Morgan fingerprint density at radius 1 is 1.24 bits per heavy atom. The number of benzene rings is 1. The summed E-state index contributed by atoms with van der Waals surface area (Å²) in [5.41, 5.74) is 2.67. The van der Waals surface area contributed by atoms with Crippen molar-refractivity contribution in [2.24, 2.45) is 11.8 Å². The topological polar surface area (TPSA) is 20.3 Å². The summed E-state index contributed by atoms with van der Waals surface area (Å²) in [5, 5.41) is 0. The molecular weight excluding hydrogens is 258 g/mol. The summed E-state index contributed by atoms with van der Waals surface area (Å²) in [7, 11) is 2.21. The van der Waals surface area contributed by atoms with Crippen molar-refractivity contribution in [1.29, 1.82) is 0 Å². The highest BCUT2D eigenvalue weighted by Gasteiger charge is 2.44. The molecule has 0 aromatic heterocycles. The van der Waals surface area contributed by atoms with Crippen LogP contribution in [0.5, 0.6) is 0 Å². The molecule has 21 heavy (non-hydrogen) atoms. The van der Waals surface area contributed by atoms with Crippen molar-refractivity contribution in [2.45, 2.75) is 51.5 Å². The van der Waals surface area contributed by atoms with E-state index < -0.39 is 0 Å². The number of hydrogen-bond acceptors (Lipinski definition) is 2. The third-order valence-electron chi connectivity index (χ3n) is 5.64. The van der Waals surface area contributed by atoms with Gasteiger partial charge in [-0.25, -0.2) is 0 Å². The Morgan fingerprint density at radius 2 is 1.95 bits per heavy atom. The molecule has 2 saturated heterocycles. The number of rotatable bonds is 3. The number of carbonyl (C=O) groups excluding carboxylic acids is 1. The fourth-order valence-corrected chi connectivity index (χ4v) is 4.51. The van der Waals surface area contributed by atoms with E-state index >= 15 is 0 Å². The summed E-state index contributed by atoms with van der Waals surface area (Å²) < 4.78 is 0. The van der Waals surface area contributed by atoms with E-state index in [2.05, 4.69) is 43.1 Å². The molecule has 2 bridgehead atoms. The van der Waals surface area contributed by atoms with Gasteiger partial charge in [-0.15, -0.1) is 0 Å². The number of carbonyl (C=O) groups is 1. The Kier molecular flexibility index (Phi) is 4.17. The number of nitrogens with zero attached hydrogens (tertiary/aromatic N) is 1. The van der Waals surface area contributed by atoms with Crippen molar-refractivity contribution in [2.75, 3.05) is 13.6 Å². The highest BCUT2D eigenvalue weighted by molar-refractivity contribution is 5.82. The molecule has 2 aliphatic heterocycles. The van der Waals surface area contributed by atoms with Gasteiger partial charge in [0, 0.05) is 24.9 Å². The van der Waals surface area contributed by atoms with Crippen LogP contribution in [0.4, 0.5) is 0 Å². The van der Waals surface area contributed by atoms with Crippen LogP contribution in [-0.2, 0) is 4.79 Å². The van der Waals surface area contributed by atoms with Gasteiger partial charge in [-0.05, 0) is 50.6 Å². The van der Waals surface area contributed by atoms with Gasteiger partial charge in [-0.1, -0.05) is 36.8 Å². The molecule has 0 unspecified atom stereocenters. The van der Waals surface area contributed by atoms with Crippen molar-refractivity contribution in [3.8, 4) is 0 Å². The predicted molar refractivity (Wildman–Crippen MR) is 86.5 cm³/mol. The molecule has 114 valence electrons. The summed E-state index contributed by atoms with van der Waals surface area (Å²) in [6.07, 6.45) is 4.34. The first-order valence-corrected chi connectivity index (χ1v) is 8.39. The average molecular weight is 285 g/mol. The molecule has 0 radical (unpaired) electrons. The van der Waals surface area contributed by atoms with Crippen LogP contribution in [0.3, 0.4) is 0 Å². The van der Waals surface area contributed by atoms with Gasteiger partial charge in [0.2, 0.25) is 0 Å². The van der Waals surface area contributed by atoms with Crippen LogP contribution in [-0.4, -0.2) is 30.3 Å². The van der Waals surface area contributed by atoms with Crippen LogP contribution in [0, 0.1) is 18.8 Å². The molecular formula is C19H27NO. The second-order valence-electron chi connectivity index (χ2n) is 7.05. The van der Waals surface area contributed by atoms with Crippen molar-refractivity contribution in [3.05, 3.63) is 35.4 Å². The van der Waals surface area contributed by atoms with Gasteiger partial charge in [0.05, 0.1) is 0 Å². The first-order valence-electron chi connectivity index (χ1n) is 8.39. The van der Waals surface area contributed by atoms with E-state index in [-0.39, 0.29) is 5.92 Å². The molecule has 0 N–H and O–H groups in total. The van der Waals surface area contributed by atoms with Crippen LogP contribution in [0.2, 0.25) is 0 Å². The van der Waals surface area contributed by atoms with E-state index in [1.165, 1.54) is 36.9 Å². The van der Waals surface area contributed by atoms with Gasteiger partial charge in [0.15, 0.2) is 0 Å². The van der Waals surface area contributed by atoms with E-state index in [0.29, 0.717) is 24.2 Å². The molecule has 1 aromatic carbocycles. The lowest BCUT2D eigenvalue weighted by atomic mass is 9.77. The van der Waals surface area contributed by atoms with Gasteiger partial charge in [0.25, 0.3) is 0 Å². The lowest BCUT2D eigenvalue weighted by Gasteiger charge is -2.37. The molecule has 3 fully saturated rings. The Labute approximate surface area is 128 Å². The largest absolute Gasteiger partial charge is 0.302 e. The molecule has 1 saturated carbocycles. The summed E-state index contributed by atoms with van der Waals surface area (Å²) in [6.45, 7) is 5.31. The molecule has 1 aromatic rings. The first kappa shape index (κ1) is 14.8. The van der Waals surface area contributed by atoms with E-state index in [1.54, 1.807) is 0 Å². The minimum Gasteiger partial charge on any atom is -0.302 e. The fraction of sp³-hybridized carbons (Fsp3) is 0.632. The Bertz CT molecular complexity index is 507. The number of hydrogen-bond donors (Lipinski definition) is 0. The number of piperidine rings is 1. The van der Waals surface area contributed by atoms with Crippen LogP contribution in [0.1, 0.15) is 49.7 Å². The van der Waals surface area contributed by atoms with E-state index in [4.69, 9.17) is 0 Å². The summed E-state index contributed by atoms with van der Waals surface area (Å²) >= 11 is 0. The van der Waals surface area contributed by atoms with Gasteiger partial charge in [0.1, 0.15) is 5.78 Å². The van der Waals surface area contributed by atoms with E-state index in [9.17, 15) is 4.79 Å². The fourth-order valence-electron chi connectivity index (χ4n) is 4.51. The molecule has 0 spiro atoms. The zero-order valence-electron chi connectivity index (χ0n) is 13.5. The average Bonchev–Trinajstić information content (AvgIpc) is 2.74. The van der Waals surface area contributed by atoms with Crippen LogP contribution in [0.25, 0.3) is 0 Å². The molecule has 0 amide bonds. The van der Waals surface area contributed by atoms with Crippen LogP contribution in [0.15, 0.2) is 24.3 Å². The summed E-state index contributed by atoms with van der Waals surface area (Å²) in [4.78, 5) is 15.1. The maximum atomic E-state index is 12.7. The lowest BCUT2D eigenvalue weighted by molar-refractivity contribution is -0.125. The lowest BCUT2D eigenvalue weighted by Crippen LogP contribution is -2.45. The van der Waals surface area contributed by atoms with Crippen molar-refractivity contribution in [3.63, 3.8) is 0 Å². The minimum absolute atomic E-state index is 0.190. The van der Waals surface area contributed by atoms with Crippen molar-refractivity contribution in [1.82, 2.24) is 4.90 Å². The monoisotopic (exact) mass is 285 g/mol. The standard InChI is InChI=1S/C19H27NO/c1-4-18(21)19-16(15-8-5-13(2)6-9-15)11-14-7-10-17(19)20(3)12-14/h5-6,8-9,14,16-17,19H,4,7,10-12H2,1-3H3/t14-,16-,17+,19-/m0/s1. The smallest absolute Gasteiger partial charge is 0.137 e. The zero-order valence-corrected chi connectivity index (χ0v) is 13.5. The van der Waals surface area contributed by atoms with Gasteiger partial charge in [-0.3, -0.25) is 4.79 Å². The first-order chi connectivity index (χ1) is 10.1. The quantitative estimate of drug-likeness (QED) is 0.842.